The first-order chi connectivity index (χ1) is 34.8. The fraction of sp³-hybridized carbons (Fsp3) is 0.0149. The summed E-state index contributed by atoms with van der Waals surface area (Å²) in [4.78, 5) is 2.52. The minimum Gasteiger partial charge on any atom is -0.455 e. The number of furan rings is 1. The Labute approximate surface area is 405 Å². The summed E-state index contributed by atoms with van der Waals surface area (Å²) >= 11 is 0. The van der Waals surface area contributed by atoms with Crippen molar-refractivity contribution in [3.63, 3.8) is 0 Å². The van der Waals surface area contributed by atoms with Crippen LogP contribution in [0.3, 0.4) is 0 Å². The van der Waals surface area contributed by atoms with Gasteiger partial charge in [0.2, 0.25) is 0 Å². The Morgan fingerprint density at radius 1 is 0.343 bits per heavy atom. The largest absolute Gasteiger partial charge is 0.455 e. The van der Waals surface area contributed by atoms with E-state index >= 15 is 0 Å². The van der Waals surface area contributed by atoms with Crippen molar-refractivity contribution in [2.75, 3.05) is 4.90 Å². The number of para-hydroxylation sites is 6. The molecule has 0 amide bonds. The van der Waals surface area contributed by atoms with Gasteiger partial charge in [0.05, 0.1) is 33.5 Å². The Morgan fingerprint density at radius 3 is 1.79 bits per heavy atom. The summed E-state index contributed by atoms with van der Waals surface area (Å²) in [5.74, 6) is 0. The van der Waals surface area contributed by atoms with Crippen molar-refractivity contribution in [2.45, 2.75) is 5.41 Å². The van der Waals surface area contributed by atoms with E-state index in [1.165, 1.54) is 77.6 Å². The number of rotatable bonds is 6. The quantitative estimate of drug-likeness (QED) is 0.166. The lowest BCUT2D eigenvalue weighted by molar-refractivity contribution is 0.670. The van der Waals surface area contributed by atoms with Gasteiger partial charge in [0.15, 0.2) is 0 Å². The Hall–Kier alpha value is -9.18. The number of aromatic nitrogens is 1. The van der Waals surface area contributed by atoms with E-state index in [1.54, 1.807) is 0 Å². The fourth-order valence-corrected chi connectivity index (χ4v) is 12.4. The number of hydrogen-bond acceptors (Lipinski definition) is 2. The maximum absolute atomic E-state index is 6.58. The average molecular weight is 891 g/mol. The fourth-order valence-electron chi connectivity index (χ4n) is 12.4. The predicted octanol–water partition coefficient (Wildman–Crippen LogP) is 17.8. The van der Waals surface area contributed by atoms with Crippen molar-refractivity contribution in [3.8, 4) is 50.2 Å². The second-order valence-corrected chi connectivity index (χ2v) is 18.7. The lowest BCUT2D eigenvalue weighted by Gasteiger charge is -2.39. The molecule has 3 nitrogen and oxygen atoms in total. The van der Waals surface area contributed by atoms with Gasteiger partial charge < -0.3 is 13.9 Å². The minimum absolute atomic E-state index is 0.595. The van der Waals surface area contributed by atoms with Gasteiger partial charge in [-0.1, -0.05) is 212 Å². The van der Waals surface area contributed by atoms with Crippen LogP contribution in [-0.2, 0) is 5.41 Å². The molecule has 1 spiro atoms. The molecule has 0 bridgehead atoms. The van der Waals surface area contributed by atoms with Gasteiger partial charge in [-0.3, -0.25) is 0 Å². The molecule has 13 aromatic rings. The molecule has 326 valence electrons. The molecule has 0 radical (unpaired) electrons. The number of benzene rings is 11. The third-order valence-corrected chi connectivity index (χ3v) is 15.2. The van der Waals surface area contributed by atoms with E-state index in [4.69, 9.17) is 4.42 Å². The predicted molar refractivity (Wildman–Crippen MR) is 290 cm³/mol. The molecule has 0 fully saturated rings. The Bertz CT molecular complexity index is 4250. The van der Waals surface area contributed by atoms with Crippen LogP contribution in [0, 0.1) is 0 Å². The lowest BCUT2D eigenvalue weighted by atomic mass is 9.65. The van der Waals surface area contributed by atoms with Gasteiger partial charge in [0.1, 0.15) is 11.2 Å². The first kappa shape index (κ1) is 38.9. The highest BCUT2D eigenvalue weighted by Gasteiger charge is 2.51. The summed E-state index contributed by atoms with van der Waals surface area (Å²) in [5.41, 5.74) is 22.7. The van der Waals surface area contributed by atoms with Gasteiger partial charge in [-0.25, -0.2) is 0 Å². The molecule has 1 aliphatic carbocycles. The van der Waals surface area contributed by atoms with E-state index < -0.39 is 5.41 Å². The van der Waals surface area contributed by atoms with Crippen LogP contribution in [0.25, 0.3) is 93.9 Å². The molecule has 0 saturated heterocycles. The lowest BCUT2D eigenvalue weighted by Crippen LogP contribution is -2.33. The second-order valence-electron chi connectivity index (χ2n) is 18.7. The summed E-state index contributed by atoms with van der Waals surface area (Å²) < 4.78 is 9.10. The van der Waals surface area contributed by atoms with E-state index in [2.05, 4.69) is 258 Å². The van der Waals surface area contributed by atoms with Gasteiger partial charge in [-0.15, -0.1) is 0 Å². The van der Waals surface area contributed by atoms with Crippen molar-refractivity contribution >= 4 is 60.8 Å². The summed E-state index contributed by atoms with van der Waals surface area (Å²) in [7, 11) is 0. The smallest absolute Gasteiger partial charge is 0.143 e. The third kappa shape index (κ3) is 5.29. The van der Waals surface area contributed by atoms with Crippen molar-refractivity contribution in [1.29, 1.82) is 0 Å². The summed E-state index contributed by atoms with van der Waals surface area (Å²) in [6.07, 6.45) is 0. The van der Waals surface area contributed by atoms with Crippen molar-refractivity contribution in [2.24, 2.45) is 0 Å². The van der Waals surface area contributed by atoms with E-state index in [0.29, 0.717) is 0 Å². The molecule has 3 heterocycles. The van der Waals surface area contributed by atoms with Gasteiger partial charge >= 0.3 is 0 Å². The van der Waals surface area contributed by atoms with Gasteiger partial charge in [0.25, 0.3) is 0 Å². The van der Waals surface area contributed by atoms with Crippen LogP contribution in [0.15, 0.2) is 259 Å². The molecule has 0 saturated carbocycles. The maximum atomic E-state index is 6.58. The molecule has 3 heteroatoms. The maximum Gasteiger partial charge on any atom is 0.143 e. The van der Waals surface area contributed by atoms with E-state index in [-0.39, 0.29) is 0 Å². The van der Waals surface area contributed by atoms with Crippen molar-refractivity contribution in [3.05, 3.63) is 277 Å². The number of fused-ring (bicyclic) bond motifs is 15. The Kier molecular flexibility index (Phi) is 8.28. The topological polar surface area (TPSA) is 21.3 Å². The normalized spacial score (nSPS) is 14.3. The highest BCUT2D eigenvalue weighted by atomic mass is 16.3. The van der Waals surface area contributed by atoms with Crippen molar-refractivity contribution < 1.29 is 4.42 Å². The Morgan fingerprint density at radius 2 is 0.914 bits per heavy atom. The van der Waals surface area contributed by atoms with E-state index in [9.17, 15) is 0 Å². The van der Waals surface area contributed by atoms with E-state index in [0.717, 1.165) is 55.7 Å². The summed E-state index contributed by atoms with van der Waals surface area (Å²) in [5, 5.41) is 4.79. The van der Waals surface area contributed by atoms with Crippen LogP contribution in [0.5, 0.6) is 0 Å². The van der Waals surface area contributed by atoms with Gasteiger partial charge in [-0.2, -0.15) is 0 Å². The first-order valence-electron chi connectivity index (χ1n) is 24.2. The van der Waals surface area contributed by atoms with Gasteiger partial charge in [0, 0.05) is 43.9 Å². The zero-order valence-electron chi connectivity index (χ0n) is 38.1. The van der Waals surface area contributed by atoms with Crippen LogP contribution in [-0.4, -0.2) is 4.57 Å². The average Bonchev–Trinajstić information content (AvgIpc) is 4.10. The monoisotopic (exact) mass is 890 g/mol. The molecular formula is C67H42N2O. The second kappa shape index (κ2) is 14.9. The SMILES string of the molecule is c1ccc(-c2ccccc2-c2ccccc2N(c2ccc(-c3cccc4c3oc3ccccc34)cc2)c2cccc3c2-c2ccccc2C32c3ccccc3-n3c4ccccc4c4cccc2c43)cc1. The molecule has 11 aromatic carbocycles. The van der Waals surface area contributed by atoms with Crippen molar-refractivity contribution in [1.82, 2.24) is 4.57 Å². The highest BCUT2D eigenvalue weighted by Crippen LogP contribution is 2.63. The molecule has 70 heavy (non-hydrogen) atoms. The zero-order valence-corrected chi connectivity index (χ0v) is 38.1. The van der Waals surface area contributed by atoms with Crippen LogP contribution < -0.4 is 4.90 Å². The number of anilines is 3. The number of hydrogen-bond donors (Lipinski definition) is 0. The molecular weight excluding hydrogens is 849 g/mol. The molecule has 2 aliphatic rings. The van der Waals surface area contributed by atoms with Gasteiger partial charge in [-0.05, 0) is 92.5 Å². The van der Waals surface area contributed by atoms with E-state index in [1.807, 2.05) is 6.07 Å². The van der Waals surface area contributed by atoms with Crippen LogP contribution in [0.4, 0.5) is 17.1 Å². The molecule has 1 atom stereocenters. The highest BCUT2D eigenvalue weighted by molar-refractivity contribution is 6.14. The molecule has 15 rings (SSSR count). The van der Waals surface area contributed by atoms with Crippen LogP contribution in [0.1, 0.15) is 22.3 Å². The molecule has 2 aromatic heterocycles. The van der Waals surface area contributed by atoms with Crippen LogP contribution >= 0.6 is 0 Å². The molecule has 1 unspecified atom stereocenters. The standard InChI is InChI=1S/C67H42N2O/c1-2-19-43(20-3-1)46-21-4-5-22-48(46)49-23-7-12-34-59(49)68(45-41-39-44(40-42-45)47-27-16-29-53-51-25-9-15-38-63(51)70-66(47)53)62-37-18-32-57-64(62)54-26-6-10-30-55(54)67(57)56-31-11-14-36-61(56)69-60-35-13-8-24-50(60)52-28-17-33-58(67)65(52)69/h1-42H. The Balaban J connectivity index is 1.01. The molecule has 0 N–H and O–H groups in total. The minimum atomic E-state index is -0.595. The summed E-state index contributed by atoms with van der Waals surface area (Å²) in [6, 6.07) is 93.6. The van der Waals surface area contributed by atoms with Crippen LogP contribution in [0.2, 0.25) is 0 Å². The number of nitrogens with zero attached hydrogens (tertiary/aromatic N) is 2. The molecule has 1 aliphatic heterocycles. The summed E-state index contributed by atoms with van der Waals surface area (Å²) in [6.45, 7) is 0. The first-order valence-corrected chi connectivity index (χ1v) is 24.2. The third-order valence-electron chi connectivity index (χ3n) is 15.2. The zero-order chi connectivity index (χ0) is 45.9.